The summed E-state index contributed by atoms with van der Waals surface area (Å²) in [5.74, 6) is -0.175. The highest BCUT2D eigenvalue weighted by molar-refractivity contribution is 5.69. The molecular weight excluding hydrogens is 168 g/mol. The molecule has 1 rings (SSSR count). The molecular formula is C10H22O3. The van der Waals surface area contributed by atoms with E-state index in [1.807, 2.05) is 0 Å². The number of hydrogen-bond acceptors (Lipinski definition) is 3. The smallest absolute Gasteiger partial charge is 0.305 e. The van der Waals surface area contributed by atoms with E-state index in [-0.39, 0.29) is 27.4 Å². The molecule has 0 aromatic carbocycles. The third-order valence-corrected chi connectivity index (χ3v) is 1.85. The molecule has 13 heavy (non-hydrogen) atoms. The quantitative estimate of drug-likeness (QED) is 0.595. The van der Waals surface area contributed by atoms with Crippen LogP contribution < -0.4 is 0 Å². The maximum Gasteiger partial charge on any atom is 0.305 e. The van der Waals surface area contributed by atoms with Crippen LogP contribution >= 0.6 is 0 Å². The van der Waals surface area contributed by atoms with Crippen molar-refractivity contribution in [3.05, 3.63) is 0 Å². The average molecular weight is 190 g/mol. The van der Waals surface area contributed by atoms with Gasteiger partial charge in [0.15, 0.2) is 0 Å². The van der Waals surface area contributed by atoms with Gasteiger partial charge in [-0.15, -0.1) is 0 Å². The van der Waals surface area contributed by atoms with Crippen LogP contribution in [-0.2, 0) is 9.53 Å². The number of hydrogen-bond donors (Lipinski definition) is 1. The molecule has 1 N–H and O–H groups in total. The van der Waals surface area contributed by atoms with Gasteiger partial charge in [-0.2, -0.15) is 0 Å². The Bertz CT molecular complexity index is 134. The number of cyclic esters (lactones) is 1. The number of ether oxygens (including phenoxy) is 1. The highest BCUT2D eigenvalue weighted by Crippen LogP contribution is 2.09. The van der Waals surface area contributed by atoms with Gasteiger partial charge in [0.05, 0.1) is 6.10 Å². The molecule has 1 heterocycles. The van der Waals surface area contributed by atoms with E-state index in [0.29, 0.717) is 6.42 Å². The van der Waals surface area contributed by atoms with E-state index in [1.54, 1.807) is 0 Å². The predicted molar refractivity (Wildman–Crippen MR) is 53.5 cm³/mol. The van der Waals surface area contributed by atoms with Crippen molar-refractivity contribution in [2.75, 3.05) is 6.61 Å². The summed E-state index contributed by atoms with van der Waals surface area (Å²) < 4.78 is 4.79. The molecule has 0 amide bonds. The van der Waals surface area contributed by atoms with Gasteiger partial charge in [0.2, 0.25) is 0 Å². The Balaban J connectivity index is 0. The van der Waals surface area contributed by atoms with Gasteiger partial charge in [-0.1, -0.05) is 27.7 Å². The second-order valence-electron chi connectivity index (χ2n) is 2.94. The van der Waals surface area contributed by atoms with E-state index in [9.17, 15) is 9.90 Å². The SMILES string of the molecule is C.C.O=C1CCCCCC(O)CO1. The zero-order valence-electron chi connectivity index (χ0n) is 6.58. The Hall–Kier alpha value is -0.570. The monoisotopic (exact) mass is 190 g/mol. The summed E-state index contributed by atoms with van der Waals surface area (Å²) in [6.45, 7) is 0.179. The molecule has 0 saturated carbocycles. The minimum absolute atomic E-state index is 0. The summed E-state index contributed by atoms with van der Waals surface area (Å²) in [7, 11) is 0. The van der Waals surface area contributed by atoms with Gasteiger partial charge in [0.1, 0.15) is 6.61 Å². The number of rotatable bonds is 0. The Labute approximate surface area is 81.1 Å². The normalized spacial score (nSPS) is 23.8. The molecule has 0 radical (unpaired) electrons. The van der Waals surface area contributed by atoms with Crippen molar-refractivity contribution < 1.29 is 14.6 Å². The van der Waals surface area contributed by atoms with Crippen LogP contribution in [0.3, 0.4) is 0 Å². The molecule has 1 fully saturated rings. The number of carbonyl (C=O) groups excluding carboxylic acids is 1. The van der Waals surface area contributed by atoms with Gasteiger partial charge in [-0.25, -0.2) is 0 Å². The topological polar surface area (TPSA) is 46.5 Å². The van der Waals surface area contributed by atoms with Gasteiger partial charge < -0.3 is 9.84 Å². The van der Waals surface area contributed by atoms with E-state index >= 15 is 0 Å². The summed E-state index contributed by atoms with van der Waals surface area (Å²) in [5, 5.41) is 9.18. The van der Waals surface area contributed by atoms with Crippen LogP contribution in [0, 0.1) is 0 Å². The lowest BCUT2D eigenvalue weighted by Gasteiger charge is -2.07. The fourth-order valence-electron chi connectivity index (χ4n) is 1.17. The van der Waals surface area contributed by atoms with Crippen LogP contribution in [0.25, 0.3) is 0 Å². The Kier molecular flexibility index (Phi) is 9.24. The fourth-order valence-corrected chi connectivity index (χ4v) is 1.17. The molecule has 80 valence electrons. The molecule has 0 aromatic rings. The molecule has 1 aliphatic heterocycles. The van der Waals surface area contributed by atoms with Crippen molar-refractivity contribution in [2.45, 2.75) is 53.1 Å². The molecule has 0 aliphatic carbocycles. The summed E-state index contributed by atoms with van der Waals surface area (Å²) in [6.07, 6.45) is 3.73. The van der Waals surface area contributed by atoms with Gasteiger partial charge in [-0.05, 0) is 12.8 Å². The molecule has 3 heteroatoms. The molecule has 3 nitrogen and oxygen atoms in total. The number of esters is 1. The average Bonchev–Trinajstić information content (AvgIpc) is 2.06. The second kappa shape index (κ2) is 8.05. The van der Waals surface area contributed by atoms with E-state index in [4.69, 9.17) is 4.74 Å². The first-order chi connectivity index (χ1) is 5.29. The van der Waals surface area contributed by atoms with Crippen molar-refractivity contribution in [1.82, 2.24) is 0 Å². The zero-order valence-corrected chi connectivity index (χ0v) is 6.58. The van der Waals surface area contributed by atoms with Gasteiger partial charge in [0.25, 0.3) is 0 Å². The second-order valence-corrected chi connectivity index (χ2v) is 2.94. The Morgan fingerprint density at radius 1 is 1.23 bits per heavy atom. The van der Waals surface area contributed by atoms with E-state index in [0.717, 1.165) is 25.7 Å². The lowest BCUT2D eigenvalue weighted by atomic mass is 10.1. The van der Waals surface area contributed by atoms with Crippen LogP contribution in [0.2, 0.25) is 0 Å². The maximum atomic E-state index is 10.8. The van der Waals surface area contributed by atoms with Crippen LogP contribution in [-0.4, -0.2) is 23.8 Å². The van der Waals surface area contributed by atoms with Crippen molar-refractivity contribution >= 4 is 5.97 Å². The van der Waals surface area contributed by atoms with Crippen LogP contribution in [0.5, 0.6) is 0 Å². The largest absolute Gasteiger partial charge is 0.463 e. The maximum absolute atomic E-state index is 10.8. The van der Waals surface area contributed by atoms with Gasteiger partial charge in [0, 0.05) is 6.42 Å². The molecule has 1 unspecified atom stereocenters. The van der Waals surface area contributed by atoms with Crippen LogP contribution in [0.15, 0.2) is 0 Å². The summed E-state index contributed by atoms with van der Waals surface area (Å²) in [4.78, 5) is 10.8. The number of aliphatic hydroxyl groups is 1. The Morgan fingerprint density at radius 3 is 2.62 bits per heavy atom. The predicted octanol–water partition coefficient (Wildman–Crippen LogP) is 2.13. The third-order valence-electron chi connectivity index (χ3n) is 1.85. The zero-order chi connectivity index (χ0) is 8.10. The molecule has 0 bridgehead atoms. The van der Waals surface area contributed by atoms with Gasteiger partial charge >= 0.3 is 5.97 Å². The van der Waals surface area contributed by atoms with Crippen LogP contribution in [0.1, 0.15) is 47.0 Å². The minimum Gasteiger partial charge on any atom is -0.463 e. The summed E-state index contributed by atoms with van der Waals surface area (Å²) in [5.41, 5.74) is 0. The summed E-state index contributed by atoms with van der Waals surface area (Å²) >= 11 is 0. The highest BCUT2D eigenvalue weighted by atomic mass is 16.5. The molecule has 1 aliphatic rings. The highest BCUT2D eigenvalue weighted by Gasteiger charge is 2.11. The molecule has 1 atom stereocenters. The van der Waals surface area contributed by atoms with Crippen LogP contribution in [0.4, 0.5) is 0 Å². The fraction of sp³-hybridized carbons (Fsp3) is 0.900. The molecule has 0 spiro atoms. The molecule has 0 aromatic heterocycles. The number of aliphatic hydroxyl groups excluding tert-OH is 1. The lowest BCUT2D eigenvalue weighted by molar-refractivity contribution is -0.146. The Morgan fingerprint density at radius 2 is 1.92 bits per heavy atom. The van der Waals surface area contributed by atoms with Crippen molar-refractivity contribution in [3.8, 4) is 0 Å². The standard InChI is InChI=1S/C8H14O3.2CH4/c9-7-4-2-1-3-5-8(10)11-6-7;;/h7,9H,1-6H2;2*1H4. The van der Waals surface area contributed by atoms with E-state index in [1.165, 1.54) is 0 Å². The van der Waals surface area contributed by atoms with Crippen molar-refractivity contribution in [2.24, 2.45) is 0 Å². The third kappa shape index (κ3) is 6.58. The van der Waals surface area contributed by atoms with Crippen molar-refractivity contribution in [3.63, 3.8) is 0 Å². The molecule has 1 saturated heterocycles. The van der Waals surface area contributed by atoms with E-state index < -0.39 is 6.10 Å². The first kappa shape index (κ1) is 14.9. The van der Waals surface area contributed by atoms with E-state index in [2.05, 4.69) is 0 Å². The first-order valence-electron chi connectivity index (χ1n) is 4.13. The summed E-state index contributed by atoms with van der Waals surface area (Å²) in [6, 6.07) is 0. The number of carbonyl (C=O) groups is 1. The first-order valence-corrected chi connectivity index (χ1v) is 4.13. The minimum atomic E-state index is -0.447. The van der Waals surface area contributed by atoms with Crippen molar-refractivity contribution in [1.29, 1.82) is 0 Å². The van der Waals surface area contributed by atoms with Gasteiger partial charge in [-0.3, -0.25) is 4.79 Å². The lowest BCUT2D eigenvalue weighted by Crippen LogP contribution is -2.16.